The fourth-order valence-electron chi connectivity index (χ4n) is 3.98. The van der Waals surface area contributed by atoms with Gasteiger partial charge in [0.15, 0.2) is 5.82 Å². The molecule has 0 radical (unpaired) electrons. The monoisotopic (exact) mass is 374 g/mol. The molecule has 0 bridgehead atoms. The number of amides is 1. The van der Waals surface area contributed by atoms with Crippen LogP contribution in [0, 0.1) is 5.92 Å². The van der Waals surface area contributed by atoms with Crippen LogP contribution in [0.2, 0.25) is 0 Å². The average molecular weight is 375 g/mol. The molecular weight excluding hydrogens is 340 g/mol. The summed E-state index contributed by atoms with van der Waals surface area (Å²) < 4.78 is 2.21. The maximum Gasteiger partial charge on any atom is 0.223 e. The Bertz CT molecular complexity index is 674. The van der Waals surface area contributed by atoms with Gasteiger partial charge in [-0.25, -0.2) is 0 Å². The second kappa shape index (κ2) is 8.97. The van der Waals surface area contributed by atoms with Crippen LogP contribution in [0.1, 0.15) is 51.3 Å². The van der Waals surface area contributed by atoms with E-state index in [1.54, 1.807) is 0 Å². The molecule has 3 heterocycles. The first-order chi connectivity index (χ1) is 13.0. The number of aromatic nitrogens is 3. The molecule has 1 aromatic rings. The highest BCUT2D eigenvalue weighted by Gasteiger charge is 2.27. The highest BCUT2D eigenvalue weighted by atomic mass is 16.2. The summed E-state index contributed by atoms with van der Waals surface area (Å²) in [6.45, 7) is 12.2. The number of carbonyl (C=O) groups excluding carboxylic acids is 1. The van der Waals surface area contributed by atoms with E-state index in [9.17, 15) is 4.79 Å². The first-order valence-electron chi connectivity index (χ1n) is 10.2. The number of hydrogen-bond donors (Lipinski definition) is 1. The van der Waals surface area contributed by atoms with Gasteiger partial charge < -0.3 is 14.8 Å². The Hall–Kier alpha value is -1.73. The Morgan fingerprint density at radius 2 is 1.96 bits per heavy atom. The second-order valence-corrected chi connectivity index (χ2v) is 8.10. The molecule has 2 aliphatic rings. The van der Waals surface area contributed by atoms with E-state index in [1.807, 2.05) is 6.92 Å². The fraction of sp³-hybridized carbons (Fsp3) is 0.750. The zero-order valence-electron chi connectivity index (χ0n) is 17.2. The summed E-state index contributed by atoms with van der Waals surface area (Å²) in [5.41, 5.74) is 1.40. The van der Waals surface area contributed by atoms with Crippen molar-refractivity contribution in [2.75, 3.05) is 39.8 Å². The normalized spacial score (nSPS) is 21.6. The van der Waals surface area contributed by atoms with Gasteiger partial charge in [0.25, 0.3) is 0 Å². The molecule has 0 unspecified atom stereocenters. The summed E-state index contributed by atoms with van der Waals surface area (Å²) >= 11 is 0. The molecule has 3 rings (SSSR count). The van der Waals surface area contributed by atoms with Crippen LogP contribution in [0.4, 0.5) is 0 Å². The van der Waals surface area contributed by atoms with Gasteiger partial charge in [-0.3, -0.25) is 9.69 Å². The molecule has 1 aromatic heterocycles. The van der Waals surface area contributed by atoms with Gasteiger partial charge in [-0.2, -0.15) is 0 Å². The first-order valence-corrected chi connectivity index (χ1v) is 10.2. The Morgan fingerprint density at radius 1 is 1.22 bits per heavy atom. The van der Waals surface area contributed by atoms with Crippen LogP contribution in [-0.2, 0) is 17.8 Å². The van der Waals surface area contributed by atoms with Gasteiger partial charge in [0.1, 0.15) is 5.82 Å². The summed E-state index contributed by atoms with van der Waals surface area (Å²) in [6, 6.07) is -0.109. The highest BCUT2D eigenvalue weighted by Crippen LogP contribution is 2.20. The second-order valence-electron chi connectivity index (χ2n) is 8.10. The fourth-order valence-corrected chi connectivity index (χ4v) is 3.98. The van der Waals surface area contributed by atoms with E-state index >= 15 is 0 Å². The van der Waals surface area contributed by atoms with E-state index in [0.717, 1.165) is 70.2 Å². The zero-order valence-corrected chi connectivity index (χ0v) is 17.2. The molecule has 1 atom stereocenters. The number of carbonyl (C=O) groups is 1. The SMILES string of the molecule is C/C=C(\C)CN1CCc2nnc([C@H](C)NC(=O)C3CCN(C)CC3)n2CC1. The van der Waals surface area contributed by atoms with Crippen molar-refractivity contribution in [1.82, 2.24) is 29.9 Å². The summed E-state index contributed by atoms with van der Waals surface area (Å²) in [6.07, 6.45) is 4.95. The van der Waals surface area contributed by atoms with E-state index in [-0.39, 0.29) is 17.9 Å². The maximum atomic E-state index is 12.7. The average Bonchev–Trinajstić information content (AvgIpc) is 2.97. The summed E-state index contributed by atoms with van der Waals surface area (Å²) in [5, 5.41) is 12.0. The van der Waals surface area contributed by atoms with Gasteiger partial charge >= 0.3 is 0 Å². The molecular formula is C20H34N6O. The lowest BCUT2D eigenvalue weighted by Gasteiger charge is -2.29. The van der Waals surface area contributed by atoms with Crippen LogP contribution in [0.3, 0.4) is 0 Å². The van der Waals surface area contributed by atoms with Crippen molar-refractivity contribution in [3.8, 4) is 0 Å². The predicted molar refractivity (Wildman–Crippen MR) is 106 cm³/mol. The first kappa shape index (κ1) is 20.0. The van der Waals surface area contributed by atoms with Crippen LogP contribution < -0.4 is 5.32 Å². The Labute approximate surface area is 162 Å². The number of fused-ring (bicyclic) bond motifs is 1. The Balaban J connectivity index is 1.60. The maximum absolute atomic E-state index is 12.7. The minimum absolute atomic E-state index is 0.109. The van der Waals surface area contributed by atoms with Gasteiger partial charge in [0, 0.05) is 38.5 Å². The molecule has 150 valence electrons. The predicted octanol–water partition coefficient (Wildman–Crippen LogP) is 1.62. The highest BCUT2D eigenvalue weighted by molar-refractivity contribution is 5.79. The smallest absolute Gasteiger partial charge is 0.223 e. The van der Waals surface area contributed by atoms with Gasteiger partial charge in [-0.15, -0.1) is 10.2 Å². The van der Waals surface area contributed by atoms with E-state index in [0.29, 0.717) is 0 Å². The quantitative estimate of drug-likeness (QED) is 0.794. The molecule has 1 N–H and O–H groups in total. The van der Waals surface area contributed by atoms with Gasteiger partial charge in [-0.1, -0.05) is 11.6 Å². The number of allylic oxidation sites excluding steroid dienone is 1. The lowest BCUT2D eigenvalue weighted by Crippen LogP contribution is -2.40. The third-order valence-corrected chi connectivity index (χ3v) is 5.95. The lowest BCUT2D eigenvalue weighted by atomic mass is 9.96. The largest absolute Gasteiger partial charge is 0.346 e. The van der Waals surface area contributed by atoms with Crippen molar-refractivity contribution in [3.63, 3.8) is 0 Å². The van der Waals surface area contributed by atoms with E-state index in [2.05, 4.69) is 56.9 Å². The number of rotatable bonds is 5. The molecule has 0 aliphatic carbocycles. The Morgan fingerprint density at radius 3 is 2.67 bits per heavy atom. The molecule has 7 nitrogen and oxygen atoms in total. The van der Waals surface area contributed by atoms with Gasteiger partial charge in [0.05, 0.1) is 6.04 Å². The molecule has 7 heteroatoms. The molecule has 2 aliphatic heterocycles. The van der Waals surface area contributed by atoms with E-state index in [4.69, 9.17) is 0 Å². The molecule has 1 fully saturated rings. The topological polar surface area (TPSA) is 66.3 Å². The third kappa shape index (κ3) is 4.96. The number of nitrogens with one attached hydrogen (secondary N) is 1. The molecule has 0 spiro atoms. The number of piperidine rings is 1. The number of hydrogen-bond acceptors (Lipinski definition) is 5. The zero-order chi connectivity index (χ0) is 19.4. The third-order valence-electron chi connectivity index (χ3n) is 5.95. The van der Waals surface area contributed by atoms with Crippen molar-refractivity contribution in [2.45, 2.75) is 52.6 Å². The van der Waals surface area contributed by atoms with Crippen molar-refractivity contribution in [3.05, 3.63) is 23.3 Å². The van der Waals surface area contributed by atoms with Crippen LogP contribution in [0.25, 0.3) is 0 Å². The molecule has 1 amide bonds. The van der Waals surface area contributed by atoms with Crippen molar-refractivity contribution >= 4 is 5.91 Å². The van der Waals surface area contributed by atoms with E-state index in [1.165, 1.54) is 5.57 Å². The van der Waals surface area contributed by atoms with E-state index < -0.39 is 0 Å². The molecule has 0 aromatic carbocycles. The van der Waals surface area contributed by atoms with Crippen molar-refractivity contribution in [1.29, 1.82) is 0 Å². The van der Waals surface area contributed by atoms with Crippen LogP contribution in [0.5, 0.6) is 0 Å². The van der Waals surface area contributed by atoms with Crippen molar-refractivity contribution in [2.24, 2.45) is 5.92 Å². The standard InChI is InChI=1S/C20H34N6O/c1-5-15(2)14-25-11-8-18-22-23-19(26(18)13-12-25)16(3)21-20(27)17-6-9-24(4)10-7-17/h5,16-17H,6-14H2,1-4H3,(H,21,27)/b15-5+/t16-/m0/s1. The summed E-state index contributed by atoms with van der Waals surface area (Å²) in [7, 11) is 2.11. The summed E-state index contributed by atoms with van der Waals surface area (Å²) in [5.74, 6) is 2.20. The van der Waals surface area contributed by atoms with Crippen molar-refractivity contribution < 1.29 is 4.79 Å². The Kier molecular flexibility index (Phi) is 6.65. The molecule has 1 saturated heterocycles. The number of likely N-dealkylation sites (tertiary alicyclic amines) is 1. The van der Waals surface area contributed by atoms with Gasteiger partial charge in [-0.05, 0) is 53.8 Å². The molecule has 27 heavy (non-hydrogen) atoms. The van der Waals surface area contributed by atoms with Crippen LogP contribution in [-0.4, -0.2) is 70.2 Å². The minimum atomic E-state index is -0.109. The van der Waals surface area contributed by atoms with Gasteiger partial charge in [0.2, 0.25) is 5.91 Å². The number of nitrogens with zero attached hydrogens (tertiary/aromatic N) is 5. The molecule has 0 saturated carbocycles. The van der Waals surface area contributed by atoms with Crippen LogP contribution >= 0.6 is 0 Å². The summed E-state index contributed by atoms with van der Waals surface area (Å²) in [4.78, 5) is 17.4. The van der Waals surface area contributed by atoms with Crippen LogP contribution in [0.15, 0.2) is 11.6 Å². The minimum Gasteiger partial charge on any atom is -0.346 e. The lowest BCUT2D eigenvalue weighted by molar-refractivity contribution is -0.127.